The van der Waals surface area contributed by atoms with Crippen molar-refractivity contribution in [3.8, 4) is 0 Å². The first-order valence-corrected chi connectivity index (χ1v) is 11.5. The van der Waals surface area contributed by atoms with Gasteiger partial charge in [0.25, 0.3) is 0 Å². The van der Waals surface area contributed by atoms with Crippen molar-refractivity contribution in [2.24, 2.45) is 34.2 Å². The maximum Gasteiger partial charge on any atom is 0.471 e. The number of hydrazone groups is 1. The Kier molecular flexibility index (Phi) is 3.37. The van der Waals surface area contributed by atoms with Gasteiger partial charge in [-0.25, -0.2) is 4.98 Å². The Balaban J connectivity index is 1.40. The van der Waals surface area contributed by atoms with E-state index >= 15 is 0 Å². The van der Waals surface area contributed by atoms with Gasteiger partial charge in [-0.15, -0.1) is 0 Å². The number of hydrogen-bond acceptors (Lipinski definition) is 5. The van der Waals surface area contributed by atoms with Gasteiger partial charge in [0, 0.05) is 53.3 Å². The molecule has 4 bridgehead atoms. The number of nitrogens with zero attached hydrogens (tertiary/aromatic N) is 3. The number of H-pyrrole nitrogens is 1. The van der Waals surface area contributed by atoms with Gasteiger partial charge in [-0.05, 0) is 55.9 Å². The van der Waals surface area contributed by atoms with E-state index in [-0.39, 0.29) is 12.5 Å². The van der Waals surface area contributed by atoms with Gasteiger partial charge in [0.1, 0.15) is 5.65 Å². The highest BCUT2D eigenvalue weighted by Crippen LogP contribution is 2.59. The van der Waals surface area contributed by atoms with Crippen LogP contribution in [-0.4, -0.2) is 51.5 Å². The van der Waals surface area contributed by atoms with Gasteiger partial charge in [0.15, 0.2) is 0 Å². The third-order valence-corrected chi connectivity index (χ3v) is 8.42. The third kappa shape index (κ3) is 2.39. The van der Waals surface area contributed by atoms with Crippen molar-refractivity contribution >= 4 is 29.3 Å². The van der Waals surface area contributed by atoms with E-state index in [0.29, 0.717) is 23.7 Å². The summed E-state index contributed by atoms with van der Waals surface area (Å²) in [4.78, 5) is 10.2. The number of nitrogens with one attached hydrogen (secondary N) is 1. The molecule has 6 aliphatic rings. The highest BCUT2D eigenvalue weighted by molar-refractivity contribution is 6.67. The highest BCUT2D eigenvalue weighted by Gasteiger charge is 2.57. The third-order valence-electron chi connectivity index (χ3n) is 8.42. The first-order chi connectivity index (χ1) is 14.4. The van der Waals surface area contributed by atoms with Crippen LogP contribution in [0.5, 0.6) is 0 Å². The molecule has 2 aromatic rings. The molecule has 2 aliphatic heterocycles. The monoisotopic (exact) mass is 404 g/mol. The van der Waals surface area contributed by atoms with Crippen LogP contribution in [0.3, 0.4) is 0 Å². The van der Waals surface area contributed by atoms with Crippen molar-refractivity contribution < 1.29 is 9.76 Å². The zero-order valence-electron chi connectivity index (χ0n) is 17.8. The molecular weight excluding hydrogens is 375 g/mol. The number of aromatic nitrogens is 2. The number of aliphatic hydroxyl groups is 1. The molecule has 0 spiro atoms. The summed E-state index contributed by atoms with van der Waals surface area (Å²) >= 11 is 0. The molecule has 4 heterocycles. The fraction of sp³-hybridized carbons (Fsp3) is 0.652. The van der Waals surface area contributed by atoms with Gasteiger partial charge in [0.2, 0.25) is 0 Å². The smallest absolute Gasteiger partial charge is 0.411 e. The first-order valence-electron chi connectivity index (χ1n) is 11.5. The van der Waals surface area contributed by atoms with Gasteiger partial charge in [0.05, 0.1) is 11.3 Å². The molecule has 8 rings (SSSR count). The molecule has 1 unspecified atom stereocenters. The van der Waals surface area contributed by atoms with Crippen LogP contribution in [0.2, 0.25) is 0 Å². The van der Waals surface area contributed by atoms with Gasteiger partial charge in [-0.2, -0.15) is 5.10 Å². The second-order valence-electron chi connectivity index (χ2n) is 11.5. The summed E-state index contributed by atoms with van der Waals surface area (Å²) in [6, 6.07) is 2.14. The largest absolute Gasteiger partial charge is 0.471 e. The van der Waals surface area contributed by atoms with Gasteiger partial charge < -0.3 is 19.7 Å². The molecule has 6 nitrogen and oxygen atoms in total. The van der Waals surface area contributed by atoms with E-state index in [9.17, 15) is 5.11 Å². The predicted octanol–water partition coefficient (Wildman–Crippen LogP) is 2.52. The SMILES string of the molecule is CC1(C)COB2c3cnc4[nH]ccc4c3C([C@@H]3[C@@H]4C[C@H]5C[C@H]3CC(O)(C5)C4)=NN2C1. The second kappa shape index (κ2) is 5.68. The number of rotatable bonds is 1. The lowest BCUT2D eigenvalue weighted by Crippen LogP contribution is -2.63. The van der Waals surface area contributed by atoms with Crippen molar-refractivity contribution in [3.63, 3.8) is 0 Å². The van der Waals surface area contributed by atoms with Crippen LogP contribution in [-0.2, 0) is 4.65 Å². The Morgan fingerprint density at radius 2 is 2.03 bits per heavy atom. The number of pyridine rings is 1. The molecule has 5 fully saturated rings. The average molecular weight is 404 g/mol. The molecule has 0 amide bonds. The summed E-state index contributed by atoms with van der Waals surface area (Å²) in [5.41, 5.74) is 4.21. The fourth-order valence-electron chi connectivity index (χ4n) is 7.64. The number of fused-ring (bicyclic) bond motifs is 5. The van der Waals surface area contributed by atoms with E-state index in [0.717, 1.165) is 48.9 Å². The van der Waals surface area contributed by atoms with Crippen LogP contribution >= 0.6 is 0 Å². The van der Waals surface area contributed by atoms with Gasteiger partial charge in [-0.1, -0.05) is 13.8 Å². The van der Waals surface area contributed by atoms with Gasteiger partial charge >= 0.3 is 7.05 Å². The molecule has 30 heavy (non-hydrogen) atoms. The van der Waals surface area contributed by atoms with E-state index in [2.05, 4.69) is 29.8 Å². The van der Waals surface area contributed by atoms with E-state index in [1.54, 1.807) is 0 Å². The van der Waals surface area contributed by atoms with Crippen LogP contribution in [0, 0.1) is 29.1 Å². The predicted molar refractivity (Wildman–Crippen MR) is 116 cm³/mol. The first kappa shape index (κ1) is 17.8. The highest BCUT2D eigenvalue weighted by atomic mass is 16.5. The minimum absolute atomic E-state index is 0.0768. The van der Waals surface area contributed by atoms with Crippen molar-refractivity contribution in [2.45, 2.75) is 51.6 Å². The zero-order valence-corrected chi connectivity index (χ0v) is 17.8. The summed E-state index contributed by atoms with van der Waals surface area (Å²) in [5, 5.41) is 17.6. The molecule has 2 N–H and O–H groups in total. The summed E-state index contributed by atoms with van der Waals surface area (Å²) < 4.78 is 6.35. The van der Waals surface area contributed by atoms with Crippen molar-refractivity contribution in [2.75, 3.05) is 13.2 Å². The van der Waals surface area contributed by atoms with E-state index in [1.165, 1.54) is 24.1 Å². The average Bonchev–Trinajstić information content (AvgIpc) is 3.14. The number of hydrogen-bond donors (Lipinski definition) is 2. The van der Waals surface area contributed by atoms with Gasteiger partial charge in [-0.3, -0.25) is 0 Å². The Bertz CT molecular complexity index is 1060. The van der Waals surface area contributed by atoms with Crippen LogP contribution in [0.15, 0.2) is 23.6 Å². The number of aromatic amines is 1. The minimum Gasteiger partial charge on any atom is -0.411 e. The molecule has 7 heteroatoms. The molecule has 4 aliphatic carbocycles. The minimum atomic E-state index is -0.425. The Hall–Kier alpha value is -1.86. The summed E-state index contributed by atoms with van der Waals surface area (Å²) in [6.45, 7) is 6.12. The van der Waals surface area contributed by atoms with E-state index in [1.807, 2.05) is 12.4 Å². The molecule has 5 atom stereocenters. The Labute approximate surface area is 177 Å². The standard InChI is InChI=1S/C23H29BN4O2/c1-22(2)11-28-24(30-12-22)17-10-26-21-16(3-4-25-21)19(17)20(27-28)18-14-5-13-6-15(18)9-23(29,7-13)8-14/h3-4,10,13-15,18,29H,5-9,11-12H2,1-2H3,(H,25,26)/t13-,14+,15-,18+,23?. The molecule has 0 radical (unpaired) electrons. The maximum absolute atomic E-state index is 11.1. The lowest BCUT2D eigenvalue weighted by molar-refractivity contribution is -0.138. The van der Waals surface area contributed by atoms with Crippen LogP contribution in [0.25, 0.3) is 11.0 Å². The van der Waals surface area contributed by atoms with Crippen LogP contribution in [0.1, 0.15) is 51.5 Å². The fourth-order valence-corrected chi connectivity index (χ4v) is 7.64. The summed E-state index contributed by atoms with van der Waals surface area (Å²) in [6.07, 6.45) is 9.35. The summed E-state index contributed by atoms with van der Waals surface area (Å²) in [7, 11) is -0.149. The lowest BCUT2D eigenvalue weighted by Gasteiger charge is -2.58. The second-order valence-corrected chi connectivity index (χ2v) is 11.5. The normalized spacial score (nSPS) is 38.6. The Morgan fingerprint density at radius 1 is 1.23 bits per heavy atom. The molecular formula is C23H29BN4O2. The van der Waals surface area contributed by atoms with Crippen LogP contribution in [0.4, 0.5) is 0 Å². The summed E-state index contributed by atoms with van der Waals surface area (Å²) in [5.74, 6) is 2.18. The maximum atomic E-state index is 11.1. The van der Waals surface area contributed by atoms with E-state index in [4.69, 9.17) is 14.7 Å². The van der Waals surface area contributed by atoms with E-state index < -0.39 is 5.60 Å². The van der Waals surface area contributed by atoms with Crippen molar-refractivity contribution in [3.05, 3.63) is 24.0 Å². The molecule has 0 aromatic carbocycles. The van der Waals surface area contributed by atoms with Crippen molar-refractivity contribution in [1.29, 1.82) is 0 Å². The topological polar surface area (TPSA) is 73.7 Å². The quantitative estimate of drug-likeness (QED) is 0.717. The zero-order chi connectivity index (χ0) is 20.3. The Morgan fingerprint density at radius 3 is 2.80 bits per heavy atom. The lowest BCUT2D eigenvalue weighted by atomic mass is 9.48. The van der Waals surface area contributed by atoms with Crippen LogP contribution < -0.4 is 5.46 Å². The van der Waals surface area contributed by atoms with Crippen molar-refractivity contribution in [1.82, 2.24) is 14.9 Å². The molecule has 4 saturated carbocycles. The molecule has 2 aromatic heterocycles. The molecule has 1 saturated heterocycles. The molecule has 156 valence electrons.